The van der Waals surface area contributed by atoms with E-state index in [0.29, 0.717) is 6.54 Å². The summed E-state index contributed by atoms with van der Waals surface area (Å²) in [5.41, 5.74) is -0.0898. The number of carboxylic acid groups (broad SMARTS) is 1. The lowest BCUT2D eigenvalue weighted by atomic mass is 9.71. The third-order valence-corrected chi connectivity index (χ3v) is 3.54. The number of aliphatic hydroxyl groups is 1. The molecule has 4 nitrogen and oxygen atoms in total. The van der Waals surface area contributed by atoms with E-state index < -0.39 is 5.97 Å². The number of aliphatic hydroxyl groups excluding tert-OH is 1. The first-order valence-corrected chi connectivity index (χ1v) is 6.14. The molecule has 0 saturated heterocycles. The van der Waals surface area contributed by atoms with E-state index in [1.807, 2.05) is 6.92 Å². The van der Waals surface area contributed by atoms with Crippen molar-refractivity contribution in [2.75, 3.05) is 13.2 Å². The molecule has 1 fully saturated rings. The summed E-state index contributed by atoms with van der Waals surface area (Å²) in [6, 6.07) is 0.0487. The summed E-state index contributed by atoms with van der Waals surface area (Å²) in [7, 11) is 0. The minimum Gasteiger partial charge on any atom is -0.481 e. The van der Waals surface area contributed by atoms with Crippen LogP contribution in [-0.4, -0.2) is 35.4 Å². The van der Waals surface area contributed by atoms with Crippen molar-refractivity contribution >= 4 is 5.97 Å². The van der Waals surface area contributed by atoms with Gasteiger partial charge in [0.2, 0.25) is 0 Å². The summed E-state index contributed by atoms with van der Waals surface area (Å²) in [5, 5.41) is 21.2. The van der Waals surface area contributed by atoms with E-state index in [2.05, 4.69) is 5.32 Å². The van der Waals surface area contributed by atoms with Crippen molar-refractivity contribution in [1.82, 2.24) is 5.32 Å². The zero-order valence-corrected chi connectivity index (χ0v) is 10.0. The highest BCUT2D eigenvalue weighted by molar-refractivity contribution is 5.67. The van der Waals surface area contributed by atoms with Crippen molar-refractivity contribution in [2.24, 2.45) is 5.41 Å². The van der Waals surface area contributed by atoms with Gasteiger partial charge in [-0.1, -0.05) is 19.3 Å². The summed E-state index contributed by atoms with van der Waals surface area (Å²) in [6.07, 6.45) is 5.70. The molecule has 0 aromatic carbocycles. The standard InChI is InChI=1S/C12H23NO3/c1-10(8-14)13-9-12(7-11(15)16)5-3-2-4-6-12/h10,13-14H,2-9H2,1H3,(H,15,16). The molecule has 0 aliphatic heterocycles. The zero-order valence-electron chi connectivity index (χ0n) is 10.0. The third-order valence-electron chi connectivity index (χ3n) is 3.54. The van der Waals surface area contributed by atoms with Gasteiger partial charge in [0.05, 0.1) is 13.0 Å². The van der Waals surface area contributed by atoms with E-state index in [1.165, 1.54) is 6.42 Å². The predicted molar refractivity (Wildman–Crippen MR) is 62.3 cm³/mol. The summed E-state index contributed by atoms with van der Waals surface area (Å²) < 4.78 is 0. The number of carbonyl (C=O) groups is 1. The van der Waals surface area contributed by atoms with Gasteiger partial charge in [0, 0.05) is 12.6 Å². The molecule has 0 bridgehead atoms. The molecule has 1 unspecified atom stereocenters. The molecule has 0 aromatic rings. The summed E-state index contributed by atoms with van der Waals surface area (Å²) >= 11 is 0. The normalized spacial score (nSPS) is 21.6. The quantitative estimate of drug-likeness (QED) is 0.643. The monoisotopic (exact) mass is 229 g/mol. The van der Waals surface area contributed by atoms with Gasteiger partial charge < -0.3 is 15.5 Å². The Labute approximate surface area is 97.0 Å². The van der Waals surface area contributed by atoms with Crippen LogP contribution in [-0.2, 0) is 4.79 Å². The van der Waals surface area contributed by atoms with Crippen molar-refractivity contribution < 1.29 is 15.0 Å². The van der Waals surface area contributed by atoms with Crippen LogP contribution >= 0.6 is 0 Å². The molecular formula is C12H23NO3. The van der Waals surface area contributed by atoms with Gasteiger partial charge >= 0.3 is 5.97 Å². The van der Waals surface area contributed by atoms with Gasteiger partial charge in [0.1, 0.15) is 0 Å². The van der Waals surface area contributed by atoms with Crippen LogP contribution in [0.4, 0.5) is 0 Å². The number of hydrogen-bond donors (Lipinski definition) is 3. The third kappa shape index (κ3) is 4.10. The van der Waals surface area contributed by atoms with Crippen LogP contribution in [0.2, 0.25) is 0 Å². The molecule has 0 amide bonds. The molecule has 0 heterocycles. The lowest BCUT2D eigenvalue weighted by Gasteiger charge is -2.37. The average Bonchev–Trinajstić information content (AvgIpc) is 2.26. The molecule has 1 aliphatic carbocycles. The average molecular weight is 229 g/mol. The maximum absolute atomic E-state index is 10.9. The van der Waals surface area contributed by atoms with Gasteiger partial charge in [0.25, 0.3) is 0 Å². The van der Waals surface area contributed by atoms with Gasteiger partial charge in [-0.05, 0) is 25.2 Å². The summed E-state index contributed by atoms with van der Waals surface area (Å²) in [4.78, 5) is 10.9. The maximum atomic E-state index is 10.9. The Balaban J connectivity index is 2.52. The SMILES string of the molecule is CC(CO)NCC1(CC(=O)O)CCCCC1. The van der Waals surface area contributed by atoms with Crippen molar-refractivity contribution in [3.05, 3.63) is 0 Å². The Bertz CT molecular complexity index is 224. The summed E-state index contributed by atoms with van der Waals surface area (Å²) in [5.74, 6) is -0.708. The number of nitrogens with one attached hydrogen (secondary N) is 1. The van der Waals surface area contributed by atoms with E-state index in [0.717, 1.165) is 25.7 Å². The maximum Gasteiger partial charge on any atom is 0.303 e. The predicted octanol–water partition coefficient (Wildman–Crippen LogP) is 1.38. The Morgan fingerprint density at radius 1 is 1.38 bits per heavy atom. The van der Waals surface area contributed by atoms with E-state index in [4.69, 9.17) is 10.2 Å². The number of aliphatic carboxylic acids is 1. The molecular weight excluding hydrogens is 206 g/mol. The Morgan fingerprint density at radius 2 is 2.00 bits per heavy atom. The van der Waals surface area contributed by atoms with Crippen LogP contribution in [0.15, 0.2) is 0 Å². The van der Waals surface area contributed by atoms with Crippen LogP contribution < -0.4 is 5.32 Å². The van der Waals surface area contributed by atoms with Gasteiger partial charge in [-0.15, -0.1) is 0 Å². The summed E-state index contributed by atoms with van der Waals surface area (Å²) in [6.45, 7) is 2.72. The number of carboxylic acids is 1. The van der Waals surface area contributed by atoms with E-state index in [-0.39, 0.29) is 24.5 Å². The van der Waals surface area contributed by atoms with Crippen LogP contribution in [0.1, 0.15) is 45.4 Å². The Kier molecular flexibility index (Phi) is 5.22. The van der Waals surface area contributed by atoms with Gasteiger partial charge in [-0.3, -0.25) is 4.79 Å². The van der Waals surface area contributed by atoms with Gasteiger partial charge in [-0.25, -0.2) is 0 Å². The van der Waals surface area contributed by atoms with Gasteiger partial charge in [-0.2, -0.15) is 0 Å². The molecule has 1 atom stereocenters. The molecule has 0 radical (unpaired) electrons. The first-order valence-electron chi connectivity index (χ1n) is 6.14. The van der Waals surface area contributed by atoms with E-state index >= 15 is 0 Å². The van der Waals surface area contributed by atoms with Crippen molar-refractivity contribution in [1.29, 1.82) is 0 Å². The molecule has 4 heteroatoms. The van der Waals surface area contributed by atoms with Crippen LogP contribution in [0.3, 0.4) is 0 Å². The molecule has 94 valence electrons. The molecule has 1 aliphatic rings. The second kappa shape index (κ2) is 6.21. The van der Waals surface area contributed by atoms with Crippen molar-refractivity contribution in [2.45, 2.75) is 51.5 Å². The zero-order chi connectivity index (χ0) is 12.0. The van der Waals surface area contributed by atoms with Crippen molar-refractivity contribution in [3.8, 4) is 0 Å². The molecule has 1 rings (SSSR count). The minimum absolute atomic E-state index is 0.0487. The lowest BCUT2D eigenvalue weighted by molar-refractivity contribution is -0.140. The van der Waals surface area contributed by atoms with Crippen LogP contribution in [0.25, 0.3) is 0 Å². The first kappa shape index (κ1) is 13.5. The molecule has 3 N–H and O–H groups in total. The highest BCUT2D eigenvalue weighted by Crippen LogP contribution is 2.38. The minimum atomic E-state index is -0.708. The molecule has 0 spiro atoms. The second-order valence-corrected chi connectivity index (χ2v) is 5.10. The number of rotatable bonds is 6. The van der Waals surface area contributed by atoms with Crippen LogP contribution in [0.5, 0.6) is 0 Å². The Hall–Kier alpha value is -0.610. The first-order chi connectivity index (χ1) is 7.58. The molecule has 0 aromatic heterocycles. The second-order valence-electron chi connectivity index (χ2n) is 5.10. The van der Waals surface area contributed by atoms with E-state index in [1.54, 1.807) is 0 Å². The molecule has 1 saturated carbocycles. The fourth-order valence-electron chi connectivity index (χ4n) is 2.49. The fraction of sp³-hybridized carbons (Fsp3) is 0.917. The smallest absolute Gasteiger partial charge is 0.303 e. The highest BCUT2D eigenvalue weighted by atomic mass is 16.4. The topological polar surface area (TPSA) is 69.6 Å². The van der Waals surface area contributed by atoms with Crippen molar-refractivity contribution in [3.63, 3.8) is 0 Å². The van der Waals surface area contributed by atoms with Gasteiger partial charge in [0.15, 0.2) is 0 Å². The lowest BCUT2D eigenvalue weighted by Crippen LogP contribution is -2.42. The van der Waals surface area contributed by atoms with Crippen LogP contribution in [0, 0.1) is 5.41 Å². The largest absolute Gasteiger partial charge is 0.481 e. The number of hydrogen-bond acceptors (Lipinski definition) is 3. The fourth-order valence-corrected chi connectivity index (χ4v) is 2.49. The van der Waals surface area contributed by atoms with E-state index in [9.17, 15) is 4.79 Å². The Morgan fingerprint density at radius 3 is 2.50 bits per heavy atom. The highest BCUT2D eigenvalue weighted by Gasteiger charge is 2.34. The molecule has 16 heavy (non-hydrogen) atoms.